The molecule has 0 radical (unpaired) electrons. The van der Waals surface area contributed by atoms with Crippen LogP contribution in [0.25, 0.3) is 0 Å². The van der Waals surface area contributed by atoms with E-state index in [9.17, 15) is 14.9 Å². The highest BCUT2D eigenvalue weighted by Crippen LogP contribution is 2.26. The molecule has 8 heteroatoms. The second kappa shape index (κ2) is 7.11. The van der Waals surface area contributed by atoms with E-state index < -0.39 is 11.0 Å². The van der Waals surface area contributed by atoms with Gasteiger partial charge in [0.05, 0.1) is 23.3 Å². The van der Waals surface area contributed by atoms with Crippen LogP contribution in [0.3, 0.4) is 0 Å². The molecule has 0 saturated heterocycles. The van der Waals surface area contributed by atoms with Crippen LogP contribution in [0.15, 0.2) is 42.5 Å². The molecule has 0 spiro atoms. The Morgan fingerprint density at radius 3 is 2.50 bits per heavy atom. The second-order valence-corrected chi connectivity index (χ2v) is 4.80. The molecule has 0 atom stereocenters. The first-order valence-electron chi connectivity index (χ1n) is 6.83. The standard InChI is InChI=1S/C16H14N4O4/c1-19(16(21)24-2)13-5-3-12(4-6-13)18-15-8-7-14(20(22)23)9-11(15)10-17/h3-9,18H,1-2H3. The number of carbonyl (C=O) groups excluding carboxylic acids is 1. The van der Waals surface area contributed by atoms with Crippen molar-refractivity contribution in [1.29, 1.82) is 5.26 Å². The Kier molecular flexibility index (Phi) is 4.96. The Morgan fingerprint density at radius 2 is 1.96 bits per heavy atom. The van der Waals surface area contributed by atoms with Gasteiger partial charge >= 0.3 is 6.09 Å². The number of nitro groups is 1. The number of hydrogen-bond donors (Lipinski definition) is 1. The lowest BCUT2D eigenvalue weighted by Gasteiger charge is -2.16. The average molecular weight is 326 g/mol. The third-order valence-corrected chi connectivity index (χ3v) is 3.32. The van der Waals surface area contributed by atoms with Gasteiger partial charge in [-0.05, 0) is 30.3 Å². The van der Waals surface area contributed by atoms with Crippen molar-refractivity contribution < 1.29 is 14.5 Å². The van der Waals surface area contributed by atoms with Crippen molar-refractivity contribution in [2.45, 2.75) is 0 Å². The van der Waals surface area contributed by atoms with Crippen molar-refractivity contribution in [3.8, 4) is 6.07 Å². The first-order chi connectivity index (χ1) is 11.5. The van der Waals surface area contributed by atoms with Crippen LogP contribution >= 0.6 is 0 Å². The molecule has 24 heavy (non-hydrogen) atoms. The highest BCUT2D eigenvalue weighted by molar-refractivity contribution is 5.87. The van der Waals surface area contributed by atoms with Crippen molar-refractivity contribution in [3.63, 3.8) is 0 Å². The van der Waals surface area contributed by atoms with Gasteiger partial charge in [-0.15, -0.1) is 0 Å². The van der Waals surface area contributed by atoms with Crippen molar-refractivity contribution in [2.75, 3.05) is 24.4 Å². The molecule has 2 aromatic rings. The maximum absolute atomic E-state index is 11.5. The fourth-order valence-electron chi connectivity index (χ4n) is 2.01. The van der Waals surface area contributed by atoms with Crippen LogP contribution in [0.2, 0.25) is 0 Å². The third kappa shape index (κ3) is 3.59. The number of methoxy groups -OCH3 is 1. The zero-order valence-corrected chi connectivity index (χ0v) is 13.0. The van der Waals surface area contributed by atoms with E-state index in [1.54, 1.807) is 31.3 Å². The number of nitriles is 1. The van der Waals surface area contributed by atoms with Crippen molar-refractivity contribution in [2.24, 2.45) is 0 Å². The minimum absolute atomic E-state index is 0.146. The van der Waals surface area contributed by atoms with E-state index in [2.05, 4.69) is 10.1 Å². The highest BCUT2D eigenvalue weighted by Gasteiger charge is 2.12. The molecule has 0 aliphatic carbocycles. The maximum Gasteiger partial charge on any atom is 0.413 e. The lowest BCUT2D eigenvalue weighted by molar-refractivity contribution is -0.384. The van der Waals surface area contributed by atoms with Gasteiger partial charge in [0.15, 0.2) is 0 Å². The summed E-state index contributed by atoms with van der Waals surface area (Å²) >= 11 is 0. The molecule has 0 fully saturated rings. The van der Waals surface area contributed by atoms with Crippen LogP contribution in [0.5, 0.6) is 0 Å². The van der Waals surface area contributed by atoms with E-state index in [4.69, 9.17) is 5.26 Å². The fraction of sp³-hybridized carbons (Fsp3) is 0.125. The summed E-state index contributed by atoms with van der Waals surface area (Å²) in [7, 11) is 2.88. The minimum atomic E-state index is -0.554. The fourth-order valence-corrected chi connectivity index (χ4v) is 2.01. The van der Waals surface area contributed by atoms with Gasteiger partial charge in [-0.3, -0.25) is 15.0 Å². The first kappa shape index (κ1) is 16.8. The highest BCUT2D eigenvalue weighted by atomic mass is 16.6. The van der Waals surface area contributed by atoms with Gasteiger partial charge in [0.25, 0.3) is 5.69 Å². The molecule has 0 aromatic heterocycles. The van der Waals surface area contributed by atoms with E-state index in [0.717, 1.165) is 0 Å². The summed E-state index contributed by atoms with van der Waals surface area (Å²) < 4.78 is 4.63. The zero-order chi connectivity index (χ0) is 17.7. The summed E-state index contributed by atoms with van der Waals surface area (Å²) in [6.45, 7) is 0. The normalized spacial score (nSPS) is 9.71. The van der Waals surface area contributed by atoms with Gasteiger partial charge in [-0.1, -0.05) is 0 Å². The van der Waals surface area contributed by atoms with Gasteiger partial charge in [-0.25, -0.2) is 4.79 Å². The molecule has 0 heterocycles. The molecule has 1 N–H and O–H groups in total. The lowest BCUT2D eigenvalue weighted by atomic mass is 10.1. The van der Waals surface area contributed by atoms with Gasteiger partial charge in [0.1, 0.15) is 6.07 Å². The summed E-state index contributed by atoms with van der Waals surface area (Å²) in [6, 6.07) is 12.8. The summed E-state index contributed by atoms with van der Waals surface area (Å²) in [6.07, 6.45) is -0.488. The Balaban J connectivity index is 2.22. The van der Waals surface area contributed by atoms with Crippen LogP contribution in [0.1, 0.15) is 5.56 Å². The number of non-ortho nitro benzene ring substituents is 1. The molecule has 0 bridgehead atoms. The Hall–Kier alpha value is -3.60. The molecule has 122 valence electrons. The second-order valence-electron chi connectivity index (χ2n) is 4.80. The number of hydrogen-bond acceptors (Lipinski definition) is 6. The molecule has 1 amide bonds. The van der Waals surface area contributed by atoms with Gasteiger partial charge in [-0.2, -0.15) is 5.26 Å². The molecule has 0 aliphatic heterocycles. The molecule has 0 aliphatic rings. The van der Waals surface area contributed by atoms with Crippen LogP contribution in [-0.4, -0.2) is 25.2 Å². The van der Waals surface area contributed by atoms with Crippen molar-refractivity contribution in [1.82, 2.24) is 0 Å². The molecular weight excluding hydrogens is 312 g/mol. The summed E-state index contributed by atoms with van der Waals surface area (Å²) in [4.78, 5) is 23.0. The third-order valence-electron chi connectivity index (χ3n) is 3.32. The minimum Gasteiger partial charge on any atom is -0.452 e. The Bertz CT molecular complexity index is 812. The number of nitrogens with zero attached hydrogens (tertiary/aromatic N) is 3. The number of carbonyl (C=O) groups is 1. The molecule has 0 saturated carbocycles. The number of rotatable bonds is 4. The monoisotopic (exact) mass is 326 g/mol. The van der Waals surface area contributed by atoms with Crippen LogP contribution in [0.4, 0.5) is 27.5 Å². The van der Waals surface area contributed by atoms with Crippen LogP contribution in [0, 0.1) is 21.4 Å². The summed E-state index contributed by atoms with van der Waals surface area (Å²) in [5, 5.41) is 22.9. The van der Waals surface area contributed by atoms with E-state index in [1.807, 2.05) is 6.07 Å². The molecule has 0 unspecified atom stereocenters. The zero-order valence-electron chi connectivity index (χ0n) is 13.0. The summed E-state index contributed by atoms with van der Waals surface area (Å²) in [5.41, 5.74) is 1.78. The van der Waals surface area contributed by atoms with Gasteiger partial charge in [0, 0.05) is 30.6 Å². The quantitative estimate of drug-likeness (QED) is 0.681. The van der Waals surface area contributed by atoms with Gasteiger partial charge < -0.3 is 10.1 Å². The number of anilines is 3. The first-order valence-corrected chi connectivity index (χ1v) is 6.83. The largest absolute Gasteiger partial charge is 0.452 e. The van der Waals surface area contributed by atoms with Crippen molar-refractivity contribution >= 4 is 28.8 Å². The molecular formula is C16H14N4O4. The van der Waals surface area contributed by atoms with Gasteiger partial charge in [0.2, 0.25) is 0 Å². The number of ether oxygens (including phenoxy) is 1. The predicted molar refractivity (Wildman–Crippen MR) is 88.3 cm³/mol. The number of nitro benzene ring substituents is 1. The predicted octanol–water partition coefficient (Wildman–Crippen LogP) is 3.41. The van der Waals surface area contributed by atoms with Crippen LogP contribution < -0.4 is 10.2 Å². The number of amides is 1. The lowest BCUT2D eigenvalue weighted by Crippen LogP contribution is -2.25. The number of nitrogens with one attached hydrogen (secondary N) is 1. The SMILES string of the molecule is COC(=O)N(C)c1ccc(Nc2ccc([N+](=O)[O-])cc2C#N)cc1. The summed E-state index contributed by atoms with van der Waals surface area (Å²) in [5.74, 6) is 0. The smallest absolute Gasteiger partial charge is 0.413 e. The van der Waals surface area contributed by atoms with E-state index in [-0.39, 0.29) is 11.3 Å². The van der Waals surface area contributed by atoms with E-state index in [1.165, 1.54) is 30.2 Å². The Labute approximate surface area is 138 Å². The molecule has 2 rings (SSSR count). The topological polar surface area (TPSA) is 108 Å². The molecule has 2 aromatic carbocycles. The number of benzene rings is 2. The molecule has 8 nitrogen and oxygen atoms in total. The van der Waals surface area contributed by atoms with E-state index in [0.29, 0.717) is 17.1 Å². The van der Waals surface area contributed by atoms with Crippen molar-refractivity contribution in [3.05, 3.63) is 58.1 Å². The Morgan fingerprint density at radius 1 is 1.29 bits per heavy atom. The average Bonchev–Trinajstić information content (AvgIpc) is 2.61. The van der Waals surface area contributed by atoms with Crippen LogP contribution in [-0.2, 0) is 4.74 Å². The van der Waals surface area contributed by atoms with E-state index >= 15 is 0 Å². The maximum atomic E-state index is 11.5.